The van der Waals surface area contributed by atoms with Gasteiger partial charge in [0.25, 0.3) is 0 Å². The van der Waals surface area contributed by atoms with Crippen LogP contribution in [-0.2, 0) is 0 Å². The molecule has 0 aliphatic rings. The highest BCUT2D eigenvalue weighted by Gasteiger charge is 2.07. The molecule has 2 nitrogen and oxygen atoms in total. The Bertz CT molecular complexity index is 542. The third kappa shape index (κ3) is 2.09. The van der Waals surface area contributed by atoms with Gasteiger partial charge in [0.2, 0.25) is 0 Å². The van der Waals surface area contributed by atoms with Crippen molar-refractivity contribution in [3.63, 3.8) is 0 Å². The first-order chi connectivity index (χ1) is 7.70. The predicted molar refractivity (Wildman–Crippen MR) is 60.0 cm³/mol. The van der Waals surface area contributed by atoms with Gasteiger partial charge in [0.1, 0.15) is 16.7 Å². The predicted octanol–water partition coefficient (Wildman–Crippen LogP) is 3.35. The van der Waals surface area contributed by atoms with E-state index in [2.05, 4.69) is 4.98 Å². The number of aromatic nitrogens is 1. The van der Waals surface area contributed by atoms with E-state index in [-0.39, 0.29) is 16.7 Å². The van der Waals surface area contributed by atoms with E-state index in [9.17, 15) is 9.18 Å². The zero-order chi connectivity index (χ0) is 11.5. The fraction of sp³-hybridized carbons (Fsp3) is 0. The number of halogens is 2. The lowest BCUT2D eigenvalue weighted by Crippen LogP contribution is -1.92. The molecule has 1 heterocycles. The molecular weight excluding hydrogens is 229 g/mol. The van der Waals surface area contributed by atoms with Crippen molar-refractivity contribution >= 4 is 17.9 Å². The Hall–Kier alpha value is -1.74. The Balaban J connectivity index is 2.59. The molecule has 0 radical (unpaired) electrons. The minimum atomic E-state index is -0.357. The van der Waals surface area contributed by atoms with Crippen LogP contribution < -0.4 is 0 Å². The molecule has 80 valence electrons. The highest BCUT2D eigenvalue weighted by atomic mass is 35.5. The zero-order valence-corrected chi connectivity index (χ0v) is 8.91. The fourth-order valence-corrected chi connectivity index (χ4v) is 1.59. The summed E-state index contributed by atoms with van der Waals surface area (Å²) in [6.07, 6.45) is 0.603. The fourth-order valence-electron chi connectivity index (χ4n) is 1.44. The molecule has 1 aromatic heterocycles. The van der Waals surface area contributed by atoms with E-state index in [4.69, 9.17) is 11.6 Å². The Morgan fingerprint density at radius 3 is 2.75 bits per heavy atom. The average Bonchev–Trinajstić information content (AvgIpc) is 2.28. The molecule has 2 rings (SSSR count). The molecule has 16 heavy (non-hydrogen) atoms. The summed E-state index contributed by atoms with van der Waals surface area (Å²) in [6.45, 7) is 0. The van der Waals surface area contributed by atoms with Crippen molar-refractivity contribution in [2.45, 2.75) is 0 Å². The van der Waals surface area contributed by atoms with Gasteiger partial charge in [0.05, 0.1) is 0 Å². The number of carbonyl (C=O) groups excluding carboxylic acids is 1. The molecule has 0 unspecified atom stereocenters. The average molecular weight is 236 g/mol. The van der Waals surface area contributed by atoms with Gasteiger partial charge in [-0.3, -0.25) is 4.79 Å². The minimum absolute atomic E-state index is 0.207. The lowest BCUT2D eigenvalue weighted by atomic mass is 10.0. The number of nitrogens with zero attached hydrogens (tertiary/aromatic N) is 1. The second-order valence-electron chi connectivity index (χ2n) is 3.19. The summed E-state index contributed by atoms with van der Waals surface area (Å²) in [7, 11) is 0. The van der Waals surface area contributed by atoms with Crippen molar-refractivity contribution in [2.75, 3.05) is 0 Å². The summed E-state index contributed by atoms with van der Waals surface area (Å²) >= 11 is 5.67. The lowest BCUT2D eigenvalue weighted by Gasteiger charge is -2.04. The van der Waals surface area contributed by atoms with Crippen LogP contribution in [0.15, 0.2) is 36.4 Å². The standard InChI is InChI=1S/C12H7ClFNO/c13-12-5-4-10(11(7-16)15-12)8-2-1-3-9(14)6-8/h1-7H. The van der Waals surface area contributed by atoms with Gasteiger partial charge in [-0.25, -0.2) is 9.37 Å². The molecule has 0 aliphatic heterocycles. The molecule has 0 atom stereocenters. The largest absolute Gasteiger partial charge is 0.296 e. The summed E-state index contributed by atoms with van der Waals surface area (Å²) in [5.74, 6) is -0.357. The highest BCUT2D eigenvalue weighted by molar-refractivity contribution is 6.29. The molecule has 0 bridgehead atoms. The zero-order valence-electron chi connectivity index (χ0n) is 8.15. The van der Waals surface area contributed by atoms with Crippen LogP contribution in [-0.4, -0.2) is 11.3 Å². The van der Waals surface area contributed by atoms with Gasteiger partial charge in [-0.1, -0.05) is 23.7 Å². The van der Waals surface area contributed by atoms with Crippen molar-refractivity contribution in [1.82, 2.24) is 4.98 Å². The van der Waals surface area contributed by atoms with Gasteiger partial charge in [-0.15, -0.1) is 0 Å². The number of benzene rings is 1. The second kappa shape index (κ2) is 4.41. The minimum Gasteiger partial charge on any atom is -0.296 e. The Morgan fingerprint density at radius 1 is 1.25 bits per heavy atom. The van der Waals surface area contributed by atoms with E-state index >= 15 is 0 Å². The number of hydrogen-bond acceptors (Lipinski definition) is 2. The van der Waals surface area contributed by atoms with Gasteiger partial charge in [0.15, 0.2) is 6.29 Å². The normalized spacial score (nSPS) is 10.1. The summed E-state index contributed by atoms with van der Waals surface area (Å²) in [6, 6.07) is 9.18. The maximum absolute atomic E-state index is 13.0. The van der Waals surface area contributed by atoms with Gasteiger partial charge >= 0.3 is 0 Å². The van der Waals surface area contributed by atoms with Crippen molar-refractivity contribution in [3.8, 4) is 11.1 Å². The molecule has 1 aromatic carbocycles. The van der Waals surface area contributed by atoms with Crippen molar-refractivity contribution in [1.29, 1.82) is 0 Å². The first-order valence-corrected chi connectivity index (χ1v) is 4.96. The number of pyridine rings is 1. The molecule has 0 amide bonds. The number of aldehydes is 1. The first-order valence-electron chi connectivity index (χ1n) is 4.58. The second-order valence-corrected chi connectivity index (χ2v) is 3.58. The van der Waals surface area contributed by atoms with Crippen LogP contribution in [0.1, 0.15) is 10.5 Å². The van der Waals surface area contributed by atoms with Crippen LogP contribution in [0, 0.1) is 5.82 Å². The number of rotatable bonds is 2. The molecule has 0 spiro atoms. The van der Waals surface area contributed by atoms with Gasteiger partial charge in [0, 0.05) is 5.56 Å². The van der Waals surface area contributed by atoms with E-state index in [1.54, 1.807) is 24.3 Å². The molecule has 0 fully saturated rings. The molecule has 4 heteroatoms. The number of hydrogen-bond donors (Lipinski definition) is 0. The maximum Gasteiger partial charge on any atom is 0.169 e. The Labute approximate surface area is 96.7 Å². The van der Waals surface area contributed by atoms with Gasteiger partial charge < -0.3 is 0 Å². The molecule has 2 aromatic rings. The number of carbonyl (C=O) groups is 1. The van der Waals surface area contributed by atoms with Crippen LogP contribution >= 0.6 is 11.6 Å². The summed E-state index contributed by atoms with van der Waals surface area (Å²) < 4.78 is 13.0. The summed E-state index contributed by atoms with van der Waals surface area (Å²) in [4.78, 5) is 14.7. The SMILES string of the molecule is O=Cc1nc(Cl)ccc1-c1cccc(F)c1. The van der Waals surface area contributed by atoms with E-state index < -0.39 is 0 Å². The smallest absolute Gasteiger partial charge is 0.169 e. The third-order valence-electron chi connectivity index (χ3n) is 2.14. The molecule has 0 saturated heterocycles. The van der Waals surface area contributed by atoms with Gasteiger partial charge in [-0.2, -0.15) is 0 Å². The van der Waals surface area contributed by atoms with Crippen molar-refractivity contribution in [3.05, 3.63) is 53.1 Å². The van der Waals surface area contributed by atoms with Crippen LogP contribution in [0.3, 0.4) is 0 Å². The summed E-state index contributed by atoms with van der Waals surface area (Å²) in [5.41, 5.74) is 1.38. The van der Waals surface area contributed by atoms with E-state index in [0.29, 0.717) is 17.4 Å². The monoisotopic (exact) mass is 235 g/mol. The van der Waals surface area contributed by atoms with Crippen molar-refractivity contribution in [2.24, 2.45) is 0 Å². The van der Waals surface area contributed by atoms with Crippen LogP contribution in [0.4, 0.5) is 4.39 Å². The topological polar surface area (TPSA) is 30.0 Å². The van der Waals surface area contributed by atoms with Crippen LogP contribution in [0.25, 0.3) is 11.1 Å². The Morgan fingerprint density at radius 2 is 2.06 bits per heavy atom. The molecule has 0 N–H and O–H groups in total. The highest BCUT2D eigenvalue weighted by Crippen LogP contribution is 2.23. The van der Waals surface area contributed by atoms with E-state index in [0.717, 1.165) is 0 Å². The van der Waals surface area contributed by atoms with E-state index in [1.165, 1.54) is 12.1 Å². The summed E-state index contributed by atoms with van der Waals surface area (Å²) in [5, 5.41) is 0.238. The molecule has 0 saturated carbocycles. The quantitative estimate of drug-likeness (QED) is 0.590. The van der Waals surface area contributed by atoms with Gasteiger partial charge in [-0.05, 0) is 29.8 Å². The van der Waals surface area contributed by atoms with Crippen LogP contribution in [0.5, 0.6) is 0 Å². The Kier molecular flexibility index (Phi) is 2.97. The van der Waals surface area contributed by atoms with E-state index in [1.807, 2.05) is 0 Å². The molecule has 0 aliphatic carbocycles. The maximum atomic E-state index is 13.0. The van der Waals surface area contributed by atoms with Crippen LogP contribution in [0.2, 0.25) is 5.15 Å². The third-order valence-corrected chi connectivity index (χ3v) is 2.35. The molecular formula is C12H7ClFNO. The lowest BCUT2D eigenvalue weighted by molar-refractivity contribution is 0.111. The van der Waals surface area contributed by atoms with Crippen molar-refractivity contribution < 1.29 is 9.18 Å². The first kappa shape index (κ1) is 10.8.